The molecule has 0 aliphatic rings. The summed E-state index contributed by atoms with van der Waals surface area (Å²) in [6.07, 6.45) is 0.978. The molecule has 102 valence electrons. The largest absolute Gasteiger partial charge is 0.496 e. The van der Waals surface area contributed by atoms with Crippen LogP contribution in [0, 0.1) is 20.8 Å². The van der Waals surface area contributed by atoms with Crippen LogP contribution < -0.4 is 10.1 Å². The first-order chi connectivity index (χ1) is 8.49. The van der Waals surface area contributed by atoms with Crippen LogP contribution in [0.3, 0.4) is 0 Å². The molecule has 1 N–H and O–H groups in total. The van der Waals surface area contributed by atoms with Gasteiger partial charge in [-0.1, -0.05) is 15.9 Å². The first-order valence-corrected chi connectivity index (χ1v) is 7.53. The van der Waals surface area contributed by atoms with E-state index in [1.54, 1.807) is 7.11 Å². The summed E-state index contributed by atoms with van der Waals surface area (Å²) in [6, 6.07) is 0.271. The lowest BCUT2D eigenvalue weighted by molar-refractivity contribution is 0.396. The van der Waals surface area contributed by atoms with Crippen molar-refractivity contribution in [3.05, 3.63) is 26.7 Å². The maximum absolute atomic E-state index is 5.64. The van der Waals surface area contributed by atoms with Gasteiger partial charge >= 0.3 is 0 Å². The standard InChI is InChI=1S/C14H22BrNOS/c1-8-9(2)14(17-5)12(10(3)13(8)15)11(16-4)6-7-18/h11,16,18H,6-7H2,1-5H3. The van der Waals surface area contributed by atoms with Crippen LogP contribution in [-0.2, 0) is 0 Å². The highest BCUT2D eigenvalue weighted by molar-refractivity contribution is 9.10. The quantitative estimate of drug-likeness (QED) is 0.797. The van der Waals surface area contributed by atoms with Crippen LogP contribution in [0.1, 0.15) is 34.7 Å². The Morgan fingerprint density at radius 3 is 2.28 bits per heavy atom. The summed E-state index contributed by atoms with van der Waals surface area (Å²) in [5.74, 6) is 1.84. The molecule has 0 fully saturated rings. The lowest BCUT2D eigenvalue weighted by Crippen LogP contribution is -2.20. The van der Waals surface area contributed by atoms with Crippen LogP contribution in [0.2, 0.25) is 0 Å². The van der Waals surface area contributed by atoms with Crippen LogP contribution in [0.4, 0.5) is 0 Å². The maximum Gasteiger partial charge on any atom is 0.127 e. The predicted molar refractivity (Wildman–Crippen MR) is 85.2 cm³/mol. The highest BCUT2D eigenvalue weighted by atomic mass is 79.9. The van der Waals surface area contributed by atoms with E-state index in [9.17, 15) is 0 Å². The summed E-state index contributed by atoms with van der Waals surface area (Å²) in [5, 5.41) is 3.36. The van der Waals surface area contributed by atoms with Gasteiger partial charge in [0.1, 0.15) is 5.75 Å². The molecule has 0 aliphatic carbocycles. The highest BCUT2D eigenvalue weighted by Gasteiger charge is 2.22. The Kier molecular flexibility index (Phi) is 6.02. The van der Waals surface area contributed by atoms with Crippen molar-refractivity contribution < 1.29 is 4.74 Å². The minimum atomic E-state index is 0.271. The van der Waals surface area contributed by atoms with Crippen molar-refractivity contribution in [1.82, 2.24) is 5.32 Å². The van der Waals surface area contributed by atoms with Gasteiger partial charge in [-0.3, -0.25) is 0 Å². The average Bonchev–Trinajstić information content (AvgIpc) is 2.38. The number of rotatable bonds is 5. The fourth-order valence-electron chi connectivity index (χ4n) is 2.35. The molecule has 0 aliphatic heterocycles. The minimum absolute atomic E-state index is 0.271. The van der Waals surface area contributed by atoms with Gasteiger partial charge in [0, 0.05) is 16.1 Å². The number of hydrogen-bond acceptors (Lipinski definition) is 3. The summed E-state index contributed by atoms with van der Waals surface area (Å²) in [5.41, 5.74) is 4.93. The molecule has 18 heavy (non-hydrogen) atoms. The van der Waals surface area contributed by atoms with Gasteiger partial charge in [0.25, 0.3) is 0 Å². The molecular formula is C14H22BrNOS. The molecule has 1 rings (SSSR count). The molecule has 1 aromatic rings. The second-order valence-corrected chi connectivity index (χ2v) is 5.73. The summed E-state index contributed by atoms with van der Waals surface area (Å²) in [6.45, 7) is 6.36. The van der Waals surface area contributed by atoms with Crippen LogP contribution in [0.25, 0.3) is 0 Å². The van der Waals surface area contributed by atoms with E-state index < -0.39 is 0 Å². The van der Waals surface area contributed by atoms with Crippen molar-refractivity contribution in [3.63, 3.8) is 0 Å². The van der Waals surface area contributed by atoms with Gasteiger partial charge in [-0.25, -0.2) is 0 Å². The van der Waals surface area contributed by atoms with Crippen LogP contribution in [0.5, 0.6) is 5.75 Å². The van der Waals surface area contributed by atoms with Crippen molar-refractivity contribution >= 4 is 28.6 Å². The molecule has 1 unspecified atom stereocenters. The summed E-state index contributed by atoms with van der Waals surface area (Å²) in [7, 11) is 3.72. The maximum atomic E-state index is 5.64. The first kappa shape index (κ1) is 15.9. The third kappa shape index (κ3) is 2.86. The number of hydrogen-bond donors (Lipinski definition) is 2. The fraction of sp³-hybridized carbons (Fsp3) is 0.571. The third-order valence-electron chi connectivity index (χ3n) is 3.53. The van der Waals surface area contributed by atoms with Gasteiger partial charge in [0.05, 0.1) is 7.11 Å². The van der Waals surface area contributed by atoms with Gasteiger partial charge in [-0.15, -0.1) is 0 Å². The second-order valence-electron chi connectivity index (χ2n) is 4.49. The highest BCUT2D eigenvalue weighted by Crippen LogP contribution is 2.40. The van der Waals surface area contributed by atoms with Crippen LogP contribution in [0.15, 0.2) is 4.47 Å². The van der Waals surface area contributed by atoms with E-state index in [0.29, 0.717) is 0 Å². The van der Waals surface area contributed by atoms with Crippen LogP contribution in [-0.4, -0.2) is 19.9 Å². The molecule has 0 saturated heterocycles. The first-order valence-electron chi connectivity index (χ1n) is 6.10. The van der Waals surface area contributed by atoms with Crippen LogP contribution >= 0.6 is 28.6 Å². The minimum Gasteiger partial charge on any atom is -0.496 e. The molecule has 4 heteroatoms. The Morgan fingerprint density at radius 2 is 1.83 bits per heavy atom. The van der Waals surface area contributed by atoms with Gasteiger partial charge in [0.15, 0.2) is 0 Å². The van der Waals surface area contributed by atoms with E-state index in [1.165, 1.54) is 26.7 Å². The number of halogens is 1. The zero-order valence-electron chi connectivity index (χ0n) is 11.7. The Balaban J connectivity index is 3.49. The second kappa shape index (κ2) is 6.83. The number of methoxy groups -OCH3 is 1. The van der Waals surface area contributed by atoms with Crippen molar-refractivity contribution in [2.24, 2.45) is 0 Å². The number of ether oxygens (including phenoxy) is 1. The molecule has 0 aromatic heterocycles. The molecule has 0 radical (unpaired) electrons. The number of benzene rings is 1. The van der Waals surface area contributed by atoms with Gasteiger partial charge < -0.3 is 10.1 Å². The molecule has 0 spiro atoms. The Hall–Kier alpha value is -0.190. The molecule has 2 nitrogen and oxygen atoms in total. The monoisotopic (exact) mass is 331 g/mol. The van der Waals surface area contributed by atoms with Crippen molar-refractivity contribution in [1.29, 1.82) is 0 Å². The van der Waals surface area contributed by atoms with E-state index in [-0.39, 0.29) is 6.04 Å². The Morgan fingerprint density at radius 1 is 1.22 bits per heavy atom. The van der Waals surface area contributed by atoms with Gasteiger partial charge in [-0.05, 0) is 56.7 Å². The summed E-state index contributed by atoms with van der Waals surface area (Å²) < 4.78 is 6.81. The SMILES string of the molecule is CNC(CCS)c1c(C)c(Br)c(C)c(C)c1OC. The summed E-state index contributed by atoms with van der Waals surface area (Å²) >= 11 is 8.03. The Bertz CT molecular complexity index is 435. The molecule has 0 saturated carbocycles. The van der Waals surface area contributed by atoms with E-state index in [2.05, 4.69) is 54.6 Å². The van der Waals surface area contributed by atoms with Gasteiger partial charge in [-0.2, -0.15) is 12.6 Å². The molecular weight excluding hydrogens is 310 g/mol. The zero-order chi connectivity index (χ0) is 13.9. The normalized spacial score (nSPS) is 12.6. The topological polar surface area (TPSA) is 21.3 Å². The van der Waals surface area contributed by atoms with Crippen molar-refractivity contribution in [2.45, 2.75) is 33.2 Å². The summed E-state index contributed by atoms with van der Waals surface area (Å²) in [4.78, 5) is 0. The average molecular weight is 332 g/mol. The Labute approximate surface area is 124 Å². The molecule has 1 atom stereocenters. The van der Waals surface area contributed by atoms with Gasteiger partial charge in [0.2, 0.25) is 0 Å². The molecule has 0 bridgehead atoms. The molecule has 0 amide bonds. The van der Waals surface area contributed by atoms with E-state index in [0.717, 1.165) is 17.9 Å². The lowest BCUT2D eigenvalue weighted by atomic mass is 9.93. The van der Waals surface area contributed by atoms with Crippen molar-refractivity contribution in [3.8, 4) is 5.75 Å². The zero-order valence-corrected chi connectivity index (χ0v) is 14.2. The van der Waals surface area contributed by atoms with E-state index in [1.807, 2.05) is 7.05 Å². The lowest BCUT2D eigenvalue weighted by Gasteiger charge is -2.25. The third-order valence-corrected chi connectivity index (χ3v) is 4.98. The predicted octanol–water partition coefficient (Wildman–Crippen LogP) is 3.96. The smallest absolute Gasteiger partial charge is 0.127 e. The number of nitrogens with one attached hydrogen (secondary N) is 1. The van der Waals surface area contributed by atoms with Crippen molar-refractivity contribution in [2.75, 3.05) is 19.9 Å². The molecule has 0 heterocycles. The fourth-order valence-corrected chi connectivity index (χ4v) is 3.12. The number of thiol groups is 1. The molecule has 1 aromatic carbocycles. The van der Waals surface area contributed by atoms with E-state index in [4.69, 9.17) is 4.74 Å². The van der Waals surface area contributed by atoms with E-state index >= 15 is 0 Å².